The molecule has 3 rings (SSSR count). The molecule has 1 saturated heterocycles. The summed E-state index contributed by atoms with van der Waals surface area (Å²) in [4.78, 5) is 30.3. The fraction of sp³-hybridized carbons (Fsp3) is 0.364. The first kappa shape index (κ1) is 22.2. The number of anilines is 1. The molecule has 0 radical (unpaired) electrons. The maximum Gasteiger partial charge on any atom is 0.271 e. The highest BCUT2D eigenvalue weighted by Crippen LogP contribution is 2.18. The van der Waals surface area contributed by atoms with Gasteiger partial charge in [0.05, 0.1) is 4.92 Å². The van der Waals surface area contributed by atoms with Crippen LogP contribution in [0, 0.1) is 10.1 Å². The molecule has 1 unspecified atom stereocenters. The Labute approximate surface area is 181 Å². The van der Waals surface area contributed by atoms with Crippen molar-refractivity contribution in [3.05, 3.63) is 69.8 Å². The smallest absolute Gasteiger partial charge is 0.271 e. The third kappa shape index (κ3) is 6.51. The van der Waals surface area contributed by atoms with Crippen molar-refractivity contribution in [1.82, 2.24) is 4.90 Å². The first-order chi connectivity index (χ1) is 14.9. The van der Waals surface area contributed by atoms with Gasteiger partial charge in [0.2, 0.25) is 6.10 Å². The molecule has 2 aromatic rings. The minimum atomic E-state index is -0.936. The molecule has 1 heterocycles. The van der Waals surface area contributed by atoms with Crippen LogP contribution in [0.3, 0.4) is 0 Å². The van der Waals surface area contributed by atoms with Crippen molar-refractivity contribution in [1.29, 1.82) is 0 Å². The molecule has 1 amide bonds. The number of carbonyl (C=O) groups is 1. The molecular weight excluding hydrogens is 398 g/mol. The molecule has 0 aliphatic carbocycles. The van der Waals surface area contributed by atoms with E-state index >= 15 is 0 Å². The van der Waals surface area contributed by atoms with Crippen LogP contribution in [-0.2, 0) is 16.2 Å². The minimum Gasteiger partial charge on any atom is -0.381 e. The number of hydrogen-bond donors (Lipinski definition) is 2. The van der Waals surface area contributed by atoms with Crippen molar-refractivity contribution in [2.75, 3.05) is 18.4 Å². The van der Waals surface area contributed by atoms with Gasteiger partial charge in [-0.25, -0.2) is 0 Å². The van der Waals surface area contributed by atoms with Gasteiger partial charge in [-0.05, 0) is 50.6 Å². The first-order valence-electron chi connectivity index (χ1n) is 10.3. The second kappa shape index (κ2) is 10.5. The lowest BCUT2D eigenvalue weighted by atomic mass is 10.1. The van der Waals surface area contributed by atoms with Gasteiger partial charge in [0.1, 0.15) is 0 Å². The van der Waals surface area contributed by atoms with Crippen LogP contribution in [0.4, 0.5) is 11.4 Å². The van der Waals surface area contributed by atoms with E-state index in [1.54, 1.807) is 6.07 Å². The van der Waals surface area contributed by atoms with Crippen LogP contribution in [0.1, 0.15) is 37.3 Å². The Balaban J connectivity index is 1.57. The predicted molar refractivity (Wildman–Crippen MR) is 119 cm³/mol. The number of nitro groups is 1. The van der Waals surface area contributed by atoms with Crippen molar-refractivity contribution in [2.24, 2.45) is 10.9 Å². The number of piperidine rings is 1. The van der Waals surface area contributed by atoms with E-state index < -0.39 is 16.9 Å². The van der Waals surface area contributed by atoms with Crippen LogP contribution >= 0.6 is 0 Å². The van der Waals surface area contributed by atoms with Gasteiger partial charge < -0.3 is 15.9 Å². The van der Waals surface area contributed by atoms with Crippen LogP contribution < -0.4 is 11.1 Å². The summed E-state index contributed by atoms with van der Waals surface area (Å²) in [5, 5.41) is 17.3. The molecular formula is C22H27N5O4. The standard InChI is InChI=1S/C22H27N5O4/c1-16(22(28)24-19-9-6-10-20(14-19)27(29)30)31-25-21(23)18-8-5-7-17(13-18)15-26-11-3-2-4-12-26/h5-10,13-14,16H,2-4,11-12,15H2,1H3,(H2,23,25)(H,24,28). The van der Waals surface area contributed by atoms with Crippen LogP contribution in [0.25, 0.3) is 0 Å². The first-order valence-corrected chi connectivity index (χ1v) is 10.3. The molecule has 9 heteroatoms. The van der Waals surface area contributed by atoms with Crippen LogP contribution in [0.2, 0.25) is 0 Å². The average molecular weight is 425 g/mol. The maximum atomic E-state index is 12.3. The van der Waals surface area contributed by atoms with E-state index in [-0.39, 0.29) is 11.5 Å². The number of amidine groups is 1. The van der Waals surface area contributed by atoms with Crippen molar-refractivity contribution in [2.45, 2.75) is 38.8 Å². The number of oxime groups is 1. The molecule has 164 valence electrons. The predicted octanol–water partition coefficient (Wildman–Crippen LogP) is 3.24. The summed E-state index contributed by atoms with van der Waals surface area (Å²) >= 11 is 0. The number of hydrogen-bond acceptors (Lipinski definition) is 6. The lowest BCUT2D eigenvalue weighted by Crippen LogP contribution is -2.29. The highest BCUT2D eigenvalue weighted by molar-refractivity contribution is 5.97. The number of amides is 1. The number of carbonyl (C=O) groups excluding carboxylic acids is 1. The second-order valence-corrected chi connectivity index (χ2v) is 7.56. The molecule has 3 N–H and O–H groups in total. The molecule has 0 bridgehead atoms. The number of nitrogens with two attached hydrogens (primary N) is 1. The van der Waals surface area contributed by atoms with Gasteiger partial charge in [0.25, 0.3) is 11.6 Å². The molecule has 0 spiro atoms. The van der Waals surface area contributed by atoms with Crippen LogP contribution in [0.15, 0.2) is 53.7 Å². The molecule has 2 aromatic carbocycles. The number of benzene rings is 2. The fourth-order valence-corrected chi connectivity index (χ4v) is 3.38. The summed E-state index contributed by atoms with van der Waals surface area (Å²) in [5.41, 5.74) is 8.12. The number of nitrogens with one attached hydrogen (secondary N) is 1. The lowest BCUT2D eigenvalue weighted by molar-refractivity contribution is -0.384. The van der Waals surface area contributed by atoms with E-state index in [1.807, 2.05) is 18.2 Å². The Morgan fingerprint density at radius 3 is 2.71 bits per heavy atom. The molecule has 1 aliphatic heterocycles. The Bertz CT molecular complexity index is 956. The summed E-state index contributed by atoms with van der Waals surface area (Å²) in [6, 6.07) is 13.5. The van der Waals surface area contributed by atoms with Gasteiger partial charge in [-0.15, -0.1) is 0 Å². The van der Waals surface area contributed by atoms with Gasteiger partial charge in [-0.1, -0.05) is 35.8 Å². The summed E-state index contributed by atoms with van der Waals surface area (Å²) in [5.74, 6) is -0.314. The Kier molecular flexibility index (Phi) is 7.55. The van der Waals surface area contributed by atoms with Gasteiger partial charge >= 0.3 is 0 Å². The van der Waals surface area contributed by atoms with E-state index in [0.29, 0.717) is 5.69 Å². The zero-order valence-corrected chi connectivity index (χ0v) is 17.5. The molecule has 0 saturated carbocycles. The third-order valence-electron chi connectivity index (χ3n) is 5.08. The van der Waals surface area contributed by atoms with Crippen molar-refractivity contribution in [3.63, 3.8) is 0 Å². The summed E-state index contributed by atoms with van der Waals surface area (Å²) in [7, 11) is 0. The number of non-ortho nitro benzene ring substituents is 1. The monoisotopic (exact) mass is 425 g/mol. The van der Waals surface area contributed by atoms with Gasteiger partial charge in [-0.3, -0.25) is 19.8 Å². The summed E-state index contributed by atoms with van der Waals surface area (Å²) < 4.78 is 0. The largest absolute Gasteiger partial charge is 0.381 e. The van der Waals surface area contributed by atoms with Crippen molar-refractivity contribution < 1.29 is 14.6 Å². The zero-order valence-electron chi connectivity index (χ0n) is 17.5. The van der Waals surface area contributed by atoms with Crippen LogP contribution in [-0.4, -0.2) is 40.8 Å². The Morgan fingerprint density at radius 2 is 1.97 bits per heavy atom. The number of rotatable bonds is 8. The molecule has 1 fully saturated rings. The van der Waals surface area contributed by atoms with E-state index in [1.165, 1.54) is 44.4 Å². The third-order valence-corrected chi connectivity index (χ3v) is 5.08. The topological polar surface area (TPSA) is 123 Å². The number of nitro benzene ring substituents is 1. The van der Waals surface area contributed by atoms with E-state index in [9.17, 15) is 14.9 Å². The van der Waals surface area contributed by atoms with Crippen molar-refractivity contribution >= 4 is 23.1 Å². The SMILES string of the molecule is CC(O/N=C(/N)c1cccc(CN2CCCCC2)c1)C(=O)Nc1cccc([N+](=O)[O-])c1. The zero-order chi connectivity index (χ0) is 22.2. The molecule has 0 aromatic heterocycles. The molecule has 1 atom stereocenters. The maximum absolute atomic E-state index is 12.3. The summed E-state index contributed by atoms with van der Waals surface area (Å²) in [6.45, 7) is 4.60. The average Bonchev–Trinajstić information content (AvgIpc) is 2.78. The fourth-order valence-electron chi connectivity index (χ4n) is 3.38. The van der Waals surface area contributed by atoms with E-state index in [4.69, 9.17) is 10.6 Å². The van der Waals surface area contributed by atoms with Crippen LogP contribution in [0.5, 0.6) is 0 Å². The summed E-state index contributed by atoms with van der Waals surface area (Å²) in [6.07, 6.45) is 2.82. The second-order valence-electron chi connectivity index (χ2n) is 7.56. The molecule has 1 aliphatic rings. The van der Waals surface area contributed by atoms with E-state index in [2.05, 4.69) is 21.4 Å². The van der Waals surface area contributed by atoms with E-state index in [0.717, 1.165) is 30.8 Å². The Morgan fingerprint density at radius 1 is 1.23 bits per heavy atom. The lowest BCUT2D eigenvalue weighted by Gasteiger charge is -2.26. The molecule has 31 heavy (non-hydrogen) atoms. The highest BCUT2D eigenvalue weighted by Gasteiger charge is 2.16. The highest BCUT2D eigenvalue weighted by atomic mass is 16.6. The van der Waals surface area contributed by atoms with Gasteiger partial charge in [0, 0.05) is 29.9 Å². The molecule has 9 nitrogen and oxygen atoms in total. The number of likely N-dealkylation sites (tertiary alicyclic amines) is 1. The minimum absolute atomic E-state index is 0.113. The normalized spacial score (nSPS) is 15.8. The van der Waals surface area contributed by atoms with Crippen molar-refractivity contribution in [3.8, 4) is 0 Å². The van der Waals surface area contributed by atoms with Gasteiger partial charge in [-0.2, -0.15) is 0 Å². The Hall–Kier alpha value is -3.46. The number of nitrogens with zero attached hydrogens (tertiary/aromatic N) is 3. The quantitative estimate of drug-likeness (QED) is 0.290. The van der Waals surface area contributed by atoms with Gasteiger partial charge in [0.15, 0.2) is 5.84 Å².